The van der Waals surface area contributed by atoms with Gasteiger partial charge in [-0.05, 0) is 18.1 Å². The van der Waals surface area contributed by atoms with Gasteiger partial charge in [-0.15, -0.1) is 0 Å². The number of nitrogens with zero attached hydrogens (tertiary/aromatic N) is 2. The first kappa shape index (κ1) is 19.8. The van der Waals surface area contributed by atoms with Crippen LogP contribution in [0.2, 0.25) is 0 Å². The molecule has 0 aromatic heterocycles. The number of carbonyl (C=O) groups excluding carboxylic acids is 1. The van der Waals surface area contributed by atoms with Crippen molar-refractivity contribution in [2.24, 2.45) is 0 Å². The molecule has 0 aliphatic carbocycles. The summed E-state index contributed by atoms with van der Waals surface area (Å²) in [7, 11) is -3.16. The fraction of sp³-hybridized carbons (Fsp3) is 0.316. The highest BCUT2D eigenvalue weighted by molar-refractivity contribution is 7.91. The summed E-state index contributed by atoms with van der Waals surface area (Å²) in [5.74, 6) is -0.164. The van der Waals surface area contributed by atoms with Gasteiger partial charge in [-0.3, -0.25) is 14.9 Å². The van der Waals surface area contributed by atoms with Gasteiger partial charge in [-0.1, -0.05) is 36.4 Å². The summed E-state index contributed by atoms with van der Waals surface area (Å²) in [6.07, 6.45) is 0.387. The van der Waals surface area contributed by atoms with E-state index < -0.39 is 20.8 Å². The van der Waals surface area contributed by atoms with Gasteiger partial charge in [-0.25, -0.2) is 8.42 Å². The Morgan fingerprint density at radius 2 is 1.93 bits per heavy atom. The van der Waals surface area contributed by atoms with Gasteiger partial charge >= 0.3 is 0 Å². The van der Waals surface area contributed by atoms with Crippen LogP contribution in [-0.2, 0) is 21.2 Å². The molecule has 0 bridgehead atoms. The Labute approximate surface area is 162 Å². The van der Waals surface area contributed by atoms with Crippen molar-refractivity contribution in [2.75, 3.05) is 18.1 Å². The van der Waals surface area contributed by atoms with Crippen molar-refractivity contribution in [1.29, 1.82) is 0 Å². The van der Waals surface area contributed by atoms with Crippen LogP contribution < -0.4 is 4.74 Å². The third-order valence-electron chi connectivity index (χ3n) is 4.56. The van der Waals surface area contributed by atoms with Crippen molar-refractivity contribution in [2.45, 2.75) is 19.0 Å². The van der Waals surface area contributed by atoms with E-state index >= 15 is 0 Å². The first-order chi connectivity index (χ1) is 13.3. The molecule has 0 N–H and O–H groups in total. The predicted octanol–water partition coefficient (Wildman–Crippen LogP) is 2.19. The molecular formula is C19H20N2O6S. The molecule has 1 heterocycles. The molecule has 148 valence electrons. The van der Waals surface area contributed by atoms with Gasteiger partial charge in [0.25, 0.3) is 11.6 Å². The van der Waals surface area contributed by atoms with Crippen molar-refractivity contribution in [1.82, 2.24) is 4.90 Å². The van der Waals surface area contributed by atoms with Gasteiger partial charge < -0.3 is 9.64 Å². The van der Waals surface area contributed by atoms with Gasteiger partial charge in [0.2, 0.25) is 0 Å². The lowest BCUT2D eigenvalue weighted by Gasteiger charge is -2.28. The highest BCUT2D eigenvalue weighted by Crippen LogP contribution is 2.22. The lowest BCUT2D eigenvalue weighted by atomic mass is 10.1. The van der Waals surface area contributed by atoms with Crippen LogP contribution in [0.1, 0.15) is 12.0 Å². The number of amides is 1. The summed E-state index contributed by atoms with van der Waals surface area (Å²) in [4.78, 5) is 24.6. The molecule has 8 nitrogen and oxygen atoms in total. The minimum atomic E-state index is -3.16. The molecule has 1 amide bonds. The van der Waals surface area contributed by atoms with Crippen LogP contribution in [-0.4, -0.2) is 48.3 Å². The molecule has 1 fully saturated rings. The summed E-state index contributed by atoms with van der Waals surface area (Å²) in [5, 5.41) is 10.9. The van der Waals surface area contributed by atoms with Crippen LogP contribution in [0, 0.1) is 10.1 Å². The Morgan fingerprint density at radius 1 is 1.18 bits per heavy atom. The molecule has 1 aliphatic rings. The van der Waals surface area contributed by atoms with Gasteiger partial charge in [0.05, 0.1) is 22.5 Å². The van der Waals surface area contributed by atoms with Crippen molar-refractivity contribution >= 4 is 21.4 Å². The van der Waals surface area contributed by atoms with E-state index in [1.54, 1.807) is 0 Å². The fourth-order valence-corrected chi connectivity index (χ4v) is 4.87. The highest BCUT2D eigenvalue weighted by atomic mass is 32.2. The van der Waals surface area contributed by atoms with Crippen LogP contribution in [0.3, 0.4) is 0 Å². The summed E-state index contributed by atoms with van der Waals surface area (Å²) >= 11 is 0. The topological polar surface area (TPSA) is 107 Å². The van der Waals surface area contributed by atoms with Gasteiger partial charge in [0.1, 0.15) is 5.75 Å². The van der Waals surface area contributed by atoms with Crippen molar-refractivity contribution < 1.29 is 22.9 Å². The molecule has 2 aromatic rings. The highest BCUT2D eigenvalue weighted by Gasteiger charge is 2.34. The summed E-state index contributed by atoms with van der Waals surface area (Å²) in [5.41, 5.74) is 0.753. The number of hydrogen-bond acceptors (Lipinski definition) is 6. The predicted molar refractivity (Wildman–Crippen MR) is 103 cm³/mol. The lowest BCUT2D eigenvalue weighted by molar-refractivity contribution is -0.384. The number of hydrogen-bond donors (Lipinski definition) is 0. The third-order valence-corrected chi connectivity index (χ3v) is 6.31. The number of nitro benzene ring substituents is 1. The van der Waals surface area contributed by atoms with Gasteiger partial charge in [-0.2, -0.15) is 0 Å². The summed E-state index contributed by atoms with van der Waals surface area (Å²) in [6.45, 7) is -0.0529. The Kier molecular flexibility index (Phi) is 5.93. The minimum absolute atomic E-state index is 0.0575. The second-order valence-corrected chi connectivity index (χ2v) is 8.84. The molecule has 28 heavy (non-hydrogen) atoms. The minimum Gasteiger partial charge on any atom is -0.484 e. The van der Waals surface area contributed by atoms with Gasteiger partial charge in [0.15, 0.2) is 16.4 Å². The maximum absolute atomic E-state index is 12.8. The normalized spacial score (nSPS) is 17.8. The number of carbonyl (C=O) groups is 1. The molecule has 3 rings (SSSR count). The van der Waals surface area contributed by atoms with E-state index in [1.807, 2.05) is 30.3 Å². The third kappa shape index (κ3) is 5.07. The largest absolute Gasteiger partial charge is 0.484 e. The first-order valence-corrected chi connectivity index (χ1v) is 10.6. The number of nitro groups is 1. The van der Waals surface area contributed by atoms with Crippen LogP contribution in [0.15, 0.2) is 54.6 Å². The lowest BCUT2D eigenvalue weighted by Crippen LogP contribution is -2.43. The van der Waals surface area contributed by atoms with E-state index in [-0.39, 0.29) is 42.0 Å². The molecular weight excluding hydrogens is 384 g/mol. The smallest absolute Gasteiger partial charge is 0.273 e. The van der Waals surface area contributed by atoms with Crippen LogP contribution in [0.4, 0.5) is 5.69 Å². The number of sulfone groups is 1. The summed E-state index contributed by atoms with van der Waals surface area (Å²) in [6, 6.07) is 14.5. The Balaban J connectivity index is 1.73. The second-order valence-electron chi connectivity index (χ2n) is 6.61. The molecule has 9 heteroatoms. The van der Waals surface area contributed by atoms with Crippen LogP contribution >= 0.6 is 0 Å². The number of benzene rings is 2. The summed E-state index contributed by atoms with van der Waals surface area (Å²) < 4.78 is 29.2. The Bertz CT molecular complexity index is 961. The molecule has 2 aromatic carbocycles. The molecule has 1 unspecified atom stereocenters. The molecule has 1 aliphatic heterocycles. The molecule has 0 saturated carbocycles. The Hall–Kier alpha value is -2.94. The second kappa shape index (κ2) is 8.39. The number of ether oxygens (including phenoxy) is 1. The molecule has 0 radical (unpaired) electrons. The SMILES string of the molecule is O=C(COc1cccc([N+](=O)[O-])c1)N(Cc1ccccc1)C1CCS(=O)(=O)C1. The molecule has 1 saturated heterocycles. The van der Waals surface area contributed by atoms with E-state index in [0.717, 1.165) is 5.56 Å². The maximum atomic E-state index is 12.8. The van der Waals surface area contributed by atoms with E-state index in [9.17, 15) is 23.3 Å². The van der Waals surface area contributed by atoms with E-state index in [0.29, 0.717) is 6.42 Å². The quantitative estimate of drug-likeness (QED) is 0.517. The van der Waals surface area contributed by atoms with Crippen LogP contribution in [0.25, 0.3) is 0 Å². The average molecular weight is 404 g/mol. The van der Waals surface area contributed by atoms with Gasteiger partial charge in [0, 0.05) is 18.7 Å². The zero-order chi connectivity index (χ0) is 20.1. The average Bonchev–Trinajstić information content (AvgIpc) is 3.04. The maximum Gasteiger partial charge on any atom is 0.273 e. The molecule has 0 spiro atoms. The number of non-ortho nitro benzene ring substituents is 1. The first-order valence-electron chi connectivity index (χ1n) is 8.75. The molecule has 1 atom stereocenters. The monoisotopic (exact) mass is 404 g/mol. The number of rotatable bonds is 7. The van der Waals surface area contributed by atoms with E-state index in [1.165, 1.54) is 29.2 Å². The standard InChI is InChI=1S/C19H20N2O6S/c22-19(13-27-18-8-4-7-16(11-18)21(23)24)20(12-15-5-2-1-3-6-15)17-9-10-28(25,26)14-17/h1-8,11,17H,9-10,12-14H2. The Morgan fingerprint density at radius 3 is 2.57 bits per heavy atom. The van der Waals surface area contributed by atoms with Crippen LogP contribution in [0.5, 0.6) is 5.75 Å². The van der Waals surface area contributed by atoms with Crippen molar-refractivity contribution in [3.63, 3.8) is 0 Å². The zero-order valence-electron chi connectivity index (χ0n) is 15.1. The van der Waals surface area contributed by atoms with Crippen molar-refractivity contribution in [3.8, 4) is 5.75 Å². The van der Waals surface area contributed by atoms with E-state index in [2.05, 4.69) is 0 Å². The zero-order valence-corrected chi connectivity index (χ0v) is 15.9. The van der Waals surface area contributed by atoms with Crippen molar-refractivity contribution in [3.05, 3.63) is 70.3 Å². The fourth-order valence-electron chi connectivity index (χ4n) is 3.14. The van der Waals surface area contributed by atoms with E-state index in [4.69, 9.17) is 4.74 Å².